The van der Waals surface area contributed by atoms with E-state index in [1.165, 1.54) is 6.07 Å². The minimum absolute atomic E-state index is 0.0732. The van der Waals surface area contributed by atoms with Gasteiger partial charge in [0.25, 0.3) is 0 Å². The number of rotatable bonds is 3. The highest BCUT2D eigenvalue weighted by Gasteiger charge is 2.37. The summed E-state index contributed by atoms with van der Waals surface area (Å²) in [5.74, 6) is 4.94. The van der Waals surface area contributed by atoms with E-state index in [9.17, 15) is 12.8 Å². The molecule has 1 aliphatic rings. The molecule has 1 aromatic rings. The van der Waals surface area contributed by atoms with Crippen LogP contribution in [0.2, 0.25) is 5.02 Å². The number of nitrogens with one attached hydrogen (secondary N) is 1. The first-order chi connectivity index (χ1) is 9.38. The maximum Gasteiger partial charge on any atom is 0.155 e. The predicted octanol–water partition coefficient (Wildman–Crippen LogP) is 2.71. The maximum atomic E-state index is 14.3. The molecule has 0 saturated carbocycles. The minimum Gasteiger partial charge on any atom is -0.271 e. The Kier molecular flexibility index (Phi) is 5.07. The molecule has 3 N–H and O–H groups in total. The van der Waals surface area contributed by atoms with Gasteiger partial charge in [0, 0.05) is 10.0 Å². The molecule has 0 aromatic heterocycles. The summed E-state index contributed by atoms with van der Waals surface area (Å²) in [6.45, 7) is 0. The molecule has 0 amide bonds. The molecule has 8 heteroatoms. The summed E-state index contributed by atoms with van der Waals surface area (Å²) in [6, 6.07) is 2.28. The second-order valence-electron chi connectivity index (χ2n) is 4.81. The van der Waals surface area contributed by atoms with Crippen molar-refractivity contribution in [2.45, 2.75) is 30.6 Å². The molecule has 112 valence electrons. The first-order valence-electron chi connectivity index (χ1n) is 6.19. The van der Waals surface area contributed by atoms with Crippen LogP contribution in [0.3, 0.4) is 0 Å². The molecular weight excluding hydrogens is 371 g/mol. The molecular formula is C12H15BrClFN2O2S. The molecule has 20 heavy (non-hydrogen) atoms. The summed E-state index contributed by atoms with van der Waals surface area (Å²) in [5.41, 5.74) is 2.62. The zero-order valence-electron chi connectivity index (χ0n) is 10.6. The largest absolute Gasteiger partial charge is 0.271 e. The molecule has 4 nitrogen and oxygen atoms in total. The third-order valence-corrected chi connectivity index (χ3v) is 7.13. The lowest BCUT2D eigenvalue weighted by molar-refractivity contribution is 0.440. The number of nitrogens with two attached hydrogens (primary N) is 1. The Morgan fingerprint density at radius 1 is 1.45 bits per heavy atom. The zero-order valence-corrected chi connectivity index (χ0v) is 13.7. The maximum absolute atomic E-state index is 14.3. The van der Waals surface area contributed by atoms with Crippen molar-refractivity contribution in [1.82, 2.24) is 5.43 Å². The summed E-state index contributed by atoms with van der Waals surface area (Å²) < 4.78 is 39.0. The molecule has 1 saturated heterocycles. The Bertz CT molecular complexity index is 612. The fourth-order valence-corrected chi connectivity index (χ4v) is 5.09. The summed E-state index contributed by atoms with van der Waals surface area (Å²) >= 11 is 8.98. The monoisotopic (exact) mass is 384 g/mol. The van der Waals surface area contributed by atoms with E-state index >= 15 is 0 Å². The Balaban J connectivity index is 2.45. The first kappa shape index (κ1) is 16.2. The van der Waals surface area contributed by atoms with E-state index in [0.29, 0.717) is 17.3 Å². The summed E-state index contributed by atoms with van der Waals surface area (Å²) in [5, 5.41) is -0.802. The Hall–Kier alpha value is -0.210. The highest BCUT2D eigenvalue weighted by molar-refractivity contribution is 9.10. The quantitative estimate of drug-likeness (QED) is 0.477. The van der Waals surface area contributed by atoms with E-state index in [4.69, 9.17) is 17.4 Å². The van der Waals surface area contributed by atoms with Gasteiger partial charge in [0.2, 0.25) is 0 Å². The Morgan fingerprint density at radius 3 is 2.75 bits per heavy atom. The first-order valence-corrected chi connectivity index (χ1v) is 9.08. The zero-order chi connectivity index (χ0) is 14.9. The lowest BCUT2D eigenvalue weighted by Gasteiger charge is -2.30. The topological polar surface area (TPSA) is 72.2 Å². The van der Waals surface area contributed by atoms with Gasteiger partial charge in [0.1, 0.15) is 5.82 Å². The molecule has 2 atom stereocenters. The van der Waals surface area contributed by atoms with Gasteiger partial charge in [0.05, 0.1) is 22.1 Å². The summed E-state index contributed by atoms with van der Waals surface area (Å²) in [4.78, 5) is 0. The van der Waals surface area contributed by atoms with E-state index in [1.807, 2.05) is 0 Å². The molecule has 1 aromatic carbocycles. The number of hydrazine groups is 1. The normalized spacial score (nSPS) is 23.5. The summed E-state index contributed by atoms with van der Waals surface area (Å²) in [6.07, 6.45) is 1.89. The van der Waals surface area contributed by atoms with Gasteiger partial charge in [-0.2, -0.15) is 0 Å². The number of halogens is 3. The van der Waals surface area contributed by atoms with Gasteiger partial charge in [-0.15, -0.1) is 0 Å². The van der Waals surface area contributed by atoms with Gasteiger partial charge in [-0.05, 0) is 34.8 Å². The van der Waals surface area contributed by atoms with Crippen LogP contribution >= 0.6 is 27.5 Å². The molecule has 0 aliphatic carbocycles. The van der Waals surface area contributed by atoms with Crippen molar-refractivity contribution in [2.24, 2.45) is 5.84 Å². The van der Waals surface area contributed by atoms with Crippen LogP contribution in [0.25, 0.3) is 0 Å². The van der Waals surface area contributed by atoms with Crippen molar-refractivity contribution < 1.29 is 12.8 Å². The number of hydrogen-bond donors (Lipinski definition) is 2. The van der Waals surface area contributed by atoms with Crippen LogP contribution in [0.1, 0.15) is 30.9 Å². The van der Waals surface area contributed by atoms with Crippen molar-refractivity contribution >= 4 is 37.4 Å². The van der Waals surface area contributed by atoms with Crippen LogP contribution in [-0.4, -0.2) is 19.4 Å². The second kappa shape index (κ2) is 6.27. The van der Waals surface area contributed by atoms with Gasteiger partial charge in [-0.25, -0.2) is 12.8 Å². The minimum atomic E-state index is -3.29. The van der Waals surface area contributed by atoms with Crippen molar-refractivity contribution in [3.8, 4) is 0 Å². The van der Waals surface area contributed by atoms with Gasteiger partial charge >= 0.3 is 0 Å². The summed E-state index contributed by atoms with van der Waals surface area (Å²) in [7, 11) is -3.29. The van der Waals surface area contributed by atoms with Crippen molar-refractivity contribution in [3.05, 3.63) is 33.0 Å². The molecule has 2 rings (SSSR count). The van der Waals surface area contributed by atoms with Crippen molar-refractivity contribution in [1.29, 1.82) is 0 Å². The Labute approximate surface area is 130 Å². The molecule has 0 bridgehead atoms. The van der Waals surface area contributed by atoms with Crippen LogP contribution in [0, 0.1) is 5.82 Å². The molecule has 0 spiro atoms. The van der Waals surface area contributed by atoms with Gasteiger partial charge in [-0.1, -0.05) is 24.1 Å². The second-order valence-corrected chi connectivity index (χ2v) is 8.38. The van der Waals surface area contributed by atoms with Gasteiger partial charge in [-0.3, -0.25) is 11.3 Å². The van der Waals surface area contributed by atoms with Crippen LogP contribution in [0.4, 0.5) is 4.39 Å². The third-order valence-electron chi connectivity index (χ3n) is 3.58. The Morgan fingerprint density at radius 2 is 2.15 bits per heavy atom. The van der Waals surface area contributed by atoms with E-state index in [-0.39, 0.29) is 16.3 Å². The highest BCUT2D eigenvalue weighted by Crippen LogP contribution is 2.35. The standard InChI is InChI=1S/C12H15BrClFN2O2S/c13-8-5-4-7(11(15)10(8)14)12(17-16)9-3-1-2-6-20(9,18)19/h4-5,9,12,17H,1-3,6,16H2. The molecule has 1 aliphatic heterocycles. The van der Waals surface area contributed by atoms with Crippen LogP contribution in [0.5, 0.6) is 0 Å². The average molecular weight is 386 g/mol. The van der Waals surface area contributed by atoms with Gasteiger partial charge in [0.15, 0.2) is 9.84 Å². The van der Waals surface area contributed by atoms with Crippen molar-refractivity contribution in [2.75, 3.05) is 5.75 Å². The average Bonchev–Trinajstić information content (AvgIpc) is 2.40. The van der Waals surface area contributed by atoms with E-state index in [1.54, 1.807) is 6.07 Å². The molecule has 2 unspecified atom stereocenters. The predicted molar refractivity (Wildman–Crippen MR) is 80.6 cm³/mol. The van der Waals surface area contributed by atoms with Crippen LogP contribution in [-0.2, 0) is 9.84 Å². The SMILES string of the molecule is NNC(c1ccc(Br)c(Cl)c1F)C1CCCCS1(=O)=O. The fourth-order valence-electron chi connectivity index (χ4n) is 2.53. The van der Waals surface area contributed by atoms with Crippen LogP contribution < -0.4 is 11.3 Å². The number of benzene rings is 1. The fraction of sp³-hybridized carbons (Fsp3) is 0.500. The van der Waals surface area contributed by atoms with Crippen LogP contribution in [0.15, 0.2) is 16.6 Å². The number of hydrogen-bond acceptors (Lipinski definition) is 4. The highest BCUT2D eigenvalue weighted by atomic mass is 79.9. The molecule has 1 fully saturated rings. The molecule has 0 radical (unpaired) electrons. The lowest BCUT2D eigenvalue weighted by Crippen LogP contribution is -2.43. The smallest absolute Gasteiger partial charge is 0.155 e. The lowest BCUT2D eigenvalue weighted by atomic mass is 9.99. The van der Waals surface area contributed by atoms with E-state index in [2.05, 4.69) is 21.4 Å². The molecule has 1 heterocycles. The van der Waals surface area contributed by atoms with Crippen molar-refractivity contribution in [3.63, 3.8) is 0 Å². The van der Waals surface area contributed by atoms with E-state index in [0.717, 1.165) is 6.42 Å². The van der Waals surface area contributed by atoms with Gasteiger partial charge < -0.3 is 0 Å². The van der Waals surface area contributed by atoms with E-state index < -0.39 is 26.9 Å². The number of sulfone groups is 1. The third kappa shape index (κ3) is 3.01.